The average molecular weight is 469 g/mol. The van der Waals surface area contributed by atoms with E-state index in [1.54, 1.807) is 0 Å². The molecule has 34 heavy (non-hydrogen) atoms. The number of nitrogens with one attached hydrogen (secondary N) is 2. The topological polar surface area (TPSA) is 143 Å². The Hall–Kier alpha value is -3.50. The van der Waals surface area contributed by atoms with Crippen LogP contribution in [0.1, 0.15) is 36.2 Å². The third-order valence-electron chi connectivity index (χ3n) is 5.48. The molecule has 0 aliphatic rings. The quantitative estimate of drug-likeness (QED) is 0.163. The van der Waals surface area contributed by atoms with Crippen LogP contribution >= 0.6 is 0 Å². The maximum Gasteiger partial charge on any atom is 0.253 e. The maximum absolute atomic E-state index is 12.8. The van der Waals surface area contributed by atoms with Gasteiger partial charge in [0.05, 0.1) is 17.7 Å². The van der Waals surface area contributed by atoms with Crippen molar-refractivity contribution in [1.82, 2.24) is 25.5 Å². The van der Waals surface area contributed by atoms with E-state index in [0.717, 1.165) is 26.1 Å². The second kappa shape index (κ2) is 11.6. The Balaban J connectivity index is 2.00. The van der Waals surface area contributed by atoms with E-state index in [2.05, 4.69) is 37.4 Å². The summed E-state index contributed by atoms with van der Waals surface area (Å²) in [6.45, 7) is 8.17. The van der Waals surface area contributed by atoms with Gasteiger partial charge in [-0.2, -0.15) is 0 Å². The molecule has 0 radical (unpaired) electrons. The minimum Gasteiger partial charge on any atom is -0.507 e. The molecule has 0 saturated heterocycles. The molecule has 0 atom stereocenters. The summed E-state index contributed by atoms with van der Waals surface area (Å²) in [6.07, 6.45) is 2.48. The lowest BCUT2D eigenvalue weighted by Gasteiger charge is -2.12. The number of rotatable bonds is 11. The van der Waals surface area contributed by atoms with Gasteiger partial charge in [-0.25, -0.2) is 9.97 Å². The van der Waals surface area contributed by atoms with Crippen LogP contribution in [-0.4, -0.2) is 88.6 Å². The molecule has 0 bridgehead atoms. The molecule has 10 heteroatoms. The van der Waals surface area contributed by atoms with Crippen LogP contribution < -0.4 is 10.6 Å². The lowest BCUT2D eigenvalue weighted by Crippen LogP contribution is -2.32. The van der Waals surface area contributed by atoms with E-state index in [1.165, 1.54) is 24.4 Å². The van der Waals surface area contributed by atoms with Gasteiger partial charge in [-0.05, 0) is 38.7 Å². The summed E-state index contributed by atoms with van der Waals surface area (Å²) in [5.74, 6) is -1.03. The zero-order valence-electron chi connectivity index (χ0n) is 19.8. The molecule has 10 nitrogen and oxygen atoms in total. The molecule has 182 valence electrons. The Morgan fingerprint density at radius 2 is 1.74 bits per heavy atom. The van der Waals surface area contributed by atoms with Crippen molar-refractivity contribution in [1.29, 1.82) is 0 Å². The molecule has 3 aromatic rings. The number of carbonyl (C=O) groups is 1. The van der Waals surface area contributed by atoms with Crippen molar-refractivity contribution in [3.05, 3.63) is 29.3 Å². The number of hydrogen-bond donors (Lipinski definition) is 5. The average Bonchev–Trinajstić information content (AvgIpc) is 2.82. The van der Waals surface area contributed by atoms with E-state index in [0.29, 0.717) is 19.6 Å². The summed E-state index contributed by atoms with van der Waals surface area (Å²) in [4.78, 5) is 28.2. The van der Waals surface area contributed by atoms with E-state index in [1.807, 2.05) is 14.0 Å². The summed E-state index contributed by atoms with van der Waals surface area (Å²) < 4.78 is 0. The van der Waals surface area contributed by atoms with Crippen LogP contribution in [0.2, 0.25) is 0 Å². The lowest BCUT2D eigenvalue weighted by atomic mass is 10.1. The number of phenolic OH excluding ortho intramolecular Hbond substituents is 3. The first-order chi connectivity index (χ1) is 16.4. The van der Waals surface area contributed by atoms with Crippen molar-refractivity contribution in [3.63, 3.8) is 0 Å². The fraction of sp³-hybridized carbons (Fsp3) is 0.417. The molecule has 3 rings (SSSR count). The Labute approximate surface area is 198 Å². The molecule has 1 aromatic heterocycles. The summed E-state index contributed by atoms with van der Waals surface area (Å²) >= 11 is 0. The third kappa shape index (κ3) is 5.70. The van der Waals surface area contributed by atoms with E-state index < -0.39 is 0 Å². The molecule has 0 aliphatic carbocycles. The zero-order chi connectivity index (χ0) is 24.7. The van der Waals surface area contributed by atoms with Gasteiger partial charge in [-0.15, -0.1) is 0 Å². The van der Waals surface area contributed by atoms with Crippen LogP contribution in [0.5, 0.6) is 17.2 Å². The highest BCUT2D eigenvalue weighted by atomic mass is 16.3. The smallest absolute Gasteiger partial charge is 0.253 e. The fourth-order valence-corrected chi connectivity index (χ4v) is 3.40. The highest BCUT2D eigenvalue weighted by Gasteiger charge is 2.19. The summed E-state index contributed by atoms with van der Waals surface area (Å²) in [6, 6.07) is 4.02. The Morgan fingerprint density at radius 3 is 2.47 bits per heavy atom. The van der Waals surface area contributed by atoms with Crippen molar-refractivity contribution in [3.8, 4) is 17.2 Å². The minimum atomic E-state index is -0.364. The molecule has 0 unspecified atom stereocenters. The lowest BCUT2D eigenvalue weighted by molar-refractivity contribution is 0.0955. The van der Waals surface area contributed by atoms with Crippen LogP contribution in [0.4, 0.5) is 0 Å². The molecule has 5 N–H and O–H groups in total. The molecule has 0 spiro atoms. The molecular formula is C24H32N6O4. The maximum atomic E-state index is 12.8. The fourth-order valence-electron chi connectivity index (χ4n) is 3.40. The van der Waals surface area contributed by atoms with Crippen LogP contribution in [0.25, 0.3) is 22.1 Å². The Bertz CT molecular complexity index is 1200. The van der Waals surface area contributed by atoms with Crippen molar-refractivity contribution in [2.24, 2.45) is 4.99 Å². The molecular weight excluding hydrogens is 436 g/mol. The van der Waals surface area contributed by atoms with E-state index in [-0.39, 0.29) is 56.3 Å². The zero-order valence-corrected chi connectivity index (χ0v) is 19.8. The Kier molecular flexibility index (Phi) is 8.55. The summed E-state index contributed by atoms with van der Waals surface area (Å²) in [5.41, 5.74) is 1.02. The van der Waals surface area contributed by atoms with Crippen molar-refractivity contribution < 1.29 is 20.1 Å². The monoisotopic (exact) mass is 468 g/mol. The number of benzene rings is 2. The molecule has 0 aliphatic heterocycles. The number of nitrogens with zero attached hydrogens (tertiary/aromatic N) is 4. The molecule has 0 fully saturated rings. The highest BCUT2D eigenvalue weighted by Crippen LogP contribution is 2.35. The number of aromatic nitrogens is 2. The normalized spacial score (nSPS) is 11.8. The number of fused-ring (bicyclic) bond motifs is 2. The summed E-state index contributed by atoms with van der Waals surface area (Å²) in [5, 5.41) is 37.3. The van der Waals surface area contributed by atoms with Gasteiger partial charge in [0.2, 0.25) is 0 Å². The van der Waals surface area contributed by atoms with Gasteiger partial charge in [0.1, 0.15) is 39.3 Å². The van der Waals surface area contributed by atoms with Crippen molar-refractivity contribution in [2.45, 2.75) is 20.3 Å². The highest BCUT2D eigenvalue weighted by molar-refractivity contribution is 6.09. The Morgan fingerprint density at radius 1 is 1.00 bits per heavy atom. The largest absolute Gasteiger partial charge is 0.507 e. The number of aromatic hydroxyl groups is 3. The number of aliphatic imine (C=N–C) groups is 1. The van der Waals surface area contributed by atoms with Crippen LogP contribution in [-0.2, 0) is 0 Å². The predicted molar refractivity (Wildman–Crippen MR) is 133 cm³/mol. The first kappa shape index (κ1) is 25.1. The number of carbonyl (C=O) groups excluding carboxylic acids is 1. The third-order valence-corrected chi connectivity index (χ3v) is 5.48. The van der Waals surface area contributed by atoms with Gasteiger partial charge in [-0.1, -0.05) is 13.8 Å². The van der Waals surface area contributed by atoms with Gasteiger partial charge in [0, 0.05) is 31.9 Å². The van der Waals surface area contributed by atoms with Crippen molar-refractivity contribution >= 4 is 34.2 Å². The predicted octanol–water partition coefficient (Wildman–Crippen LogP) is 2.00. The van der Waals surface area contributed by atoms with Gasteiger partial charge < -0.3 is 30.9 Å². The van der Waals surface area contributed by atoms with Crippen LogP contribution in [0.3, 0.4) is 0 Å². The van der Waals surface area contributed by atoms with Gasteiger partial charge in [0.15, 0.2) is 0 Å². The molecule has 0 saturated carbocycles. The van der Waals surface area contributed by atoms with Gasteiger partial charge in [0.25, 0.3) is 5.91 Å². The van der Waals surface area contributed by atoms with Crippen molar-refractivity contribution in [2.75, 3.05) is 46.3 Å². The summed E-state index contributed by atoms with van der Waals surface area (Å²) in [7, 11) is 1.98. The standard InChI is InChI=1S/C24H32N6O4/c1-4-8-25-9-10-27-24(34)15-6-7-17(31)22-20(15)28-23-19(33)13-18(32)16(21(23)29-22)14-26-11-12-30(3)5-2/h6-7,13-14,25,31-33H,4-5,8-12H2,1-3H3,(H,27,34). The van der Waals surface area contributed by atoms with Crippen LogP contribution in [0, 0.1) is 0 Å². The first-order valence-electron chi connectivity index (χ1n) is 11.4. The molecule has 1 heterocycles. The van der Waals surface area contributed by atoms with Gasteiger partial charge in [-0.3, -0.25) is 9.79 Å². The number of likely N-dealkylation sites (N-methyl/N-ethyl adjacent to an activating group) is 1. The number of phenols is 3. The van der Waals surface area contributed by atoms with Crippen LogP contribution in [0.15, 0.2) is 23.2 Å². The number of hydrogen-bond acceptors (Lipinski definition) is 9. The van der Waals surface area contributed by atoms with E-state index in [4.69, 9.17) is 0 Å². The molecule has 1 amide bonds. The second-order valence-corrected chi connectivity index (χ2v) is 8.02. The second-order valence-electron chi connectivity index (χ2n) is 8.02. The number of amides is 1. The van der Waals surface area contributed by atoms with E-state index >= 15 is 0 Å². The first-order valence-corrected chi connectivity index (χ1v) is 11.4. The van der Waals surface area contributed by atoms with Gasteiger partial charge >= 0.3 is 0 Å². The molecule has 2 aromatic carbocycles. The SMILES string of the molecule is CCCNCCNC(=O)c1ccc(O)c2nc3c(C=NCCN(C)CC)c(O)cc(O)c3nc12. The van der Waals surface area contributed by atoms with E-state index in [9.17, 15) is 20.1 Å². The minimum absolute atomic E-state index is 0.0922.